The zero-order chi connectivity index (χ0) is 19.2. The number of urea groups is 1. The van der Waals surface area contributed by atoms with Crippen LogP contribution in [-0.4, -0.2) is 25.7 Å². The monoisotopic (exact) mass is 405 g/mol. The summed E-state index contributed by atoms with van der Waals surface area (Å²) in [5.74, 6) is 0. The Hall–Kier alpha value is -1.91. The first-order chi connectivity index (χ1) is 13.1. The molecule has 1 aliphatic rings. The summed E-state index contributed by atoms with van der Waals surface area (Å²) in [5.41, 5.74) is 4.67. The molecular formula is C21H25Cl2N3O. The van der Waals surface area contributed by atoms with Crippen LogP contribution in [0, 0.1) is 0 Å². The summed E-state index contributed by atoms with van der Waals surface area (Å²) >= 11 is 11.8. The van der Waals surface area contributed by atoms with Gasteiger partial charge in [0.15, 0.2) is 0 Å². The van der Waals surface area contributed by atoms with Crippen molar-refractivity contribution in [1.29, 1.82) is 0 Å². The van der Waals surface area contributed by atoms with Crippen molar-refractivity contribution in [2.75, 3.05) is 29.9 Å². The van der Waals surface area contributed by atoms with Gasteiger partial charge in [-0.15, -0.1) is 0 Å². The van der Waals surface area contributed by atoms with Crippen LogP contribution in [0.4, 0.5) is 16.2 Å². The van der Waals surface area contributed by atoms with E-state index in [1.807, 2.05) is 0 Å². The van der Waals surface area contributed by atoms with Gasteiger partial charge in [-0.2, -0.15) is 0 Å². The topological polar surface area (TPSA) is 44.4 Å². The maximum Gasteiger partial charge on any atom is 0.319 e. The lowest BCUT2D eigenvalue weighted by atomic mass is 9.98. The van der Waals surface area contributed by atoms with Crippen molar-refractivity contribution in [3.05, 3.63) is 57.6 Å². The van der Waals surface area contributed by atoms with Crippen LogP contribution in [0.1, 0.15) is 30.9 Å². The summed E-state index contributed by atoms with van der Waals surface area (Å²) in [4.78, 5) is 14.5. The first-order valence-corrected chi connectivity index (χ1v) is 10.2. The Balaban J connectivity index is 1.51. The van der Waals surface area contributed by atoms with Gasteiger partial charge < -0.3 is 15.5 Å². The van der Waals surface area contributed by atoms with Gasteiger partial charge >= 0.3 is 6.03 Å². The van der Waals surface area contributed by atoms with E-state index in [2.05, 4.69) is 40.7 Å². The Morgan fingerprint density at radius 3 is 2.78 bits per heavy atom. The molecular weight excluding hydrogens is 381 g/mol. The number of hydrogen-bond donors (Lipinski definition) is 2. The smallest absolute Gasteiger partial charge is 0.319 e. The molecule has 3 rings (SSSR count). The first kappa shape index (κ1) is 19.8. The van der Waals surface area contributed by atoms with Crippen molar-refractivity contribution >= 4 is 40.6 Å². The molecule has 0 saturated heterocycles. The Bertz CT molecular complexity index is 810. The molecule has 0 bridgehead atoms. The number of benzene rings is 2. The van der Waals surface area contributed by atoms with Crippen LogP contribution in [0.2, 0.25) is 10.0 Å². The fourth-order valence-electron chi connectivity index (χ4n) is 3.46. The first-order valence-electron chi connectivity index (χ1n) is 9.43. The van der Waals surface area contributed by atoms with Gasteiger partial charge in [0.1, 0.15) is 0 Å². The molecule has 27 heavy (non-hydrogen) atoms. The highest BCUT2D eigenvalue weighted by Gasteiger charge is 2.16. The molecule has 0 saturated carbocycles. The second-order valence-electron chi connectivity index (χ2n) is 6.81. The summed E-state index contributed by atoms with van der Waals surface area (Å²) in [5, 5.41) is 6.54. The fourth-order valence-corrected chi connectivity index (χ4v) is 3.75. The number of carbonyl (C=O) groups is 1. The molecule has 0 spiro atoms. The van der Waals surface area contributed by atoms with Gasteiger partial charge in [-0.25, -0.2) is 4.79 Å². The van der Waals surface area contributed by atoms with Crippen LogP contribution in [0.5, 0.6) is 0 Å². The van der Waals surface area contributed by atoms with Crippen LogP contribution in [0.15, 0.2) is 36.4 Å². The Morgan fingerprint density at radius 2 is 2.00 bits per heavy atom. The molecule has 6 heteroatoms. The number of anilines is 2. The molecule has 0 aromatic heterocycles. The number of aryl methyl sites for hydroxylation is 1. The molecule has 1 aliphatic heterocycles. The zero-order valence-corrected chi connectivity index (χ0v) is 17.0. The Kier molecular flexibility index (Phi) is 6.86. The van der Waals surface area contributed by atoms with E-state index in [9.17, 15) is 4.79 Å². The average molecular weight is 406 g/mol. The van der Waals surface area contributed by atoms with E-state index in [0.29, 0.717) is 22.3 Å². The van der Waals surface area contributed by atoms with Crippen LogP contribution in [0.3, 0.4) is 0 Å². The molecule has 0 aliphatic carbocycles. The molecule has 144 valence electrons. The molecule has 1 heterocycles. The lowest BCUT2D eigenvalue weighted by Gasteiger charge is -2.31. The molecule has 2 N–H and O–H groups in total. The van der Waals surface area contributed by atoms with E-state index < -0.39 is 0 Å². The van der Waals surface area contributed by atoms with Gasteiger partial charge in [0, 0.05) is 31.0 Å². The number of hydrogen-bond acceptors (Lipinski definition) is 2. The van der Waals surface area contributed by atoms with E-state index in [1.165, 1.54) is 29.7 Å². The second-order valence-corrected chi connectivity index (χ2v) is 7.63. The molecule has 0 radical (unpaired) electrons. The third-order valence-electron chi connectivity index (χ3n) is 4.73. The lowest BCUT2D eigenvalue weighted by Crippen LogP contribution is -2.31. The normalized spacial score (nSPS) is 13.2. The van der Waals surface area contributed by atoms with E-state index >= 15 is 0 Å². The van der Waals surface area contributed by atoms with Crippen molar-refractivity contribution in [3.8, 4) is 0 Å². The lowest BCUT2D eigenvalue weighted by molar-refractivity contribution is 0.252. The second kappa shape index (κ2) is 9.34. The van der Waals surface area contributed by atoms with Crippen molar-refractivity contribution in [2.45, 2.75) is 32.6 Å². The third kappa shape index (κ3) is 5.30. The fraction of sp³-hybridized carbons (Fsp3) is 0.381. The van der Waals surface area contributed by atoms with E-state index in [1.54, 1.807) is 18.2 Å². The molecule has 2 amide bonds. The number of carbonyl (C=O) groups excluding carboxylic acids is 1. The van der Waals surface area contributed by atoms with Gasteiger partial charge in [0.25, 0.3) is 0 Å². The van der Waals surface area contributed by atoms with Crippen molar-refractivity contribution in [3.63, 3.8) is 0 Å². The highest BCUT2D eigenvalue weighted by atomic mass is 35.5. The zero-order valence-electron chi connectivity index (χ0n) is 15.5. The predicted octanol–water partition coefficient (Wildman–Crippen LogP) is 5.52. The van der Waals surface area contributed by atoms with Crippen LogP contribution >= 0.6 is 23.2 Å². The molecule has 2 aromatic rings. The van der Waals surface area contributed by atoms with E-state index in [-0.39, 0.29) is 6.03 Å². The number of nitrogens with zero attached hydrogens (tertiary/aromatic N) is 1. The van der Waals surface area contributed by atoms with Gasteiger partial charge in [-0.05, 0) is 61.1 Å². The SMILES string of the molecule is CCCN1CCCc2cc(CCNC(=O)Nc3ccc(Cl)c(Cl)c3)ccc21. The maximum atomic E-state index is 12.0. The van der Waals surface area contributed by atoms with Crippen LogP contribution in [-0.2, 0) is 12.8 Å². The number of rotatable bonds is 6. The standard InChI is InChI=1S/C21H25Cl2N3O/c1-2-11-26-12-3-4-16-13-15(5-8-20(16)26)9-10-24-21(27)25-17-6-7-18(22)19(23)14-17/h5-8,13-14H,2-4,9-12H2,1H3,(H2,24,25,27). The van der Waals surface area contributed by atoms with Gasteiger partial charge in [0.2, 0.25) is 0 Å². The minimum atomic E-state index is -0.250. The molecule has 4 nitrogen and oxygen atoms in total. The number of amides is 2. The highest BCUT2D eigenvalue weighted by molar-refractivity contribution is 6.42. The van der Waals surface area contributed by atoms with E-state index in [4.69, 9.17) is 23.2 Å². The summed E-state index contributed by atoms with van der Waals surface area (Å²) < 4.78 is 0. The van der Waals surface area contributed by atoms with Crippen molar-refractivity contribution in [1.82, 2.24) is 5.32 Å². The van der Waals surface area contributed by atoms with Gasteiger partial charge in [0.05, 0.1) is 10.0 Å². The Morgan fingerprint density at radius 1 is 1.15 bits per heavy atom. The predicted molar refractivity (Wildman–Crippen MR) is 114 cm³/mol. The largest absolute Gasteiger partial charge is 0.371 e. The minimum Gasteiger partial charge on any atom is -0.371 e. The Labute approximate surface area is 170 Å². The summed E-state index contributed by atoms with van der Waals surface area (Å²) in [7, 11) is 0. The van der Waals surface area contributed by atoms with E-state index in [0.717, 1.165) is 25.9 Å². The van der Waals surface area contributed by atoms with Crippen molar-refractivity contribution in [2.24, 2.45) is 0 Å². The maximum absolute atomic E-state index is 12.0. The molecule has 0 fully saturated rings. The highest BCUT2D eigenvalue weighted by Crippen LogP contribution is 2.28. The third-order valence-corrected chi connectivity index (χ3v) is 5.47. The summed E-state index contributed by atoms with van der Waals surface area (Å²) in [6.45, 7) is 5.06. The van der Waals surface area contributed by atoms with Crippen LogP contribution in [0.25, 0.3) is 0 Å². The summed E-state index contributed by atoms with van der Waals surface area (Å²) in [6, 6.07) is 11.5. The molecule has 0 unspecified atom stereocenters. The average Bonchev–Trinajstić information content (AvgIpc) is 2.65. The molecule has 0 atom stereocenters. The van der Waals surface area contributed by atoms with Gasteiger partial charge in [-0.1, -0.05) is 42.3 Å². The minimum absolute atomic E-state index is 0.250. The summed E-state index contributed by atoms with van der Waals surface area (Å²) in [6.07, 6.45) is 4.31. The van der Waals surface area contributed by atoms with Gasteiger partial charge in [-0.3, -0.25) is 0 Å². The number of nitrogens with one attached hydrogen (secondary N) is 2. The van der Waals surface area contributed by atoms with Crippen molar-refractivity contribution < 1.29 is 4.79 Å². The number of halogens is 2. The van der Waals surface area contributed by atoms with Crippen LogP contribution < -0.4 is 15.5 Å². The number of fused-ring (bicyclic) bond motifs is 1. The molecule has 2 aromatic carbocycles. The quantitative estimate of drug-likeness (QED) is 0.664.